The molecular weight excluding hydrogens is 292 g/mol. The molecule has 2 amide bonds. The predicted molar refractivity (Wildman–Crippen MR) is 88.5 cm³/mol. The summed E-state index contributed by atoms with van der Waals surface area (Å²) in [6.07, 6.45) is 1.88. The van der Waals surface area contributed by atoms with Gasteiger partial charge in [-0.1, -0.05) is 37.3 Å². The molecule has 6 nitrogen and oxygen atoms in total. The number of nitrogens with one attached hydrogen (secondary N) is 1. The molecule has 3 rings (SSSR count). The number of hydroxylamine groups is 2. The highest BCUT2D eigenvalue weighted by atomic mass is 16.7. The summed E-state index contributed by atoms with van der Waals surface area (Å²) in [5.74, 6) is 0. The summed E-state index contributed by atoms with van der Waals surface area (Å²) < 4.78 is 0. The smallest absolute Gasteiger partial charge is 0.325 e. The van der Waals surface area contributed by atoms with E-state index in [1.165, 1.54) is 0 Å². The average Bonchev–Trinajstić information content (AvgIpc) is 2.83. The highest BCUT2D eigenvalue weighted by Crippen LogP contribution is 2.31. The molecule has 0 aliphatic carbocycles. The summed E-state index contributed by atoms with van der Waals surface area (Å²) in [5, 5.41) is 4.83. The number of hydrogen-bond acceptors (Lipinski definition) is 4. The number of urea groups is 1. The van der Waals surface area contributed by atoms with Crippen molar-refractivity contribution in [1.82, 2.24) is 15.3 Å². The first kappa shape index (κ1) is 16.2. The first-order valence-electron chi connectivity index (χ1n) is 8.43. The number of benzene rings is 1. The number of carbonyl (C=O) groups is 1. The van der Waals surface area contributed by atoms with E-state index in [2.05, 4.69) is 12.2 Å². The van der Waals surface area contributed by atoms with Crippen molar-refractivity contribution in [3.05, 3.63) is 35.9 Å². The minimum atomic E-state index is -0.0413. The molecule has 0 radical (unpaired) electrons. The van der Waals surface area contributed by atoms with Crippen molar-refractivity contribution in [2.75, 3.05) is 19.6 Å². The molecule has 1 aromatic rings. The Balaban J connectivity index is 1.60. The van der Waals surface area contributed by atoms with Crippen molar-refractivity contribution >= 4 is 6.03 Å². The summed E-state index contributed by atoms with van der Waals surface area (Å²) in [4.78, 5) is 20.3. The van der Waals surface area contributed by atoms with E-state index >= 15 is 0 Å². The highest BCUT2D eigenvalue weighted by Gasteiger charge is 2.47. The lowest BCUT2D eigenvalue weighted by Gasteiger charge is -2.34. The van der Waals surface area contributed by atoms with E-state index in [1.807, 2.05) is 35.2 Å². The fourth-order valence-corrected chi connectivity index (χ4v) is 3.44. The Morgan fingerprint density at radius 3 is 2.87 bits per heavy atom. The number of rotatable bonds is 7. The van der Waals surface area contributed by atoms with Crippen LogP contribution in [0.5, 0.6) is 0 Å². The van der Waals surface area contributed by atoms with Crippen LogP contribution in [-0.2, 0) is 11.4 Å². The van der Waals surface area contributed by atoms with Crippen LogP contribution in [0.3, 0.4) is 0 Å². The molecule has 126 valence electrons. The first-order chi connectivity index (χ1) is 11.2. The largest absolute Gasteiger partial charge is 0.344 e. The van der Waals surface area contributed by atoms with Crippen LogP contribution in [0.1, 0.15) is 25.3 Å². The zero-order valence-electron chi connectivity index (χ0n) is 13.6. The molecule has 2 heterocycles. The number of likely N-dealkylation sites (N-methyl/N-ethyl adjacent to an activating group) is 1. The van der Waals surface area contributed by atoms with Gasteiger partial charge in [-0.15, -0.1) is 0 Å². The fraction of sp³-hybridized carbons (Fsp3) is 0.588. The highest BCUT2D eigenvalue weighted by molar-refractivity contribution is 5.77. The summed E-state index contributed by atoms with van der Waals surface area (Å²) >= 11 is 0. The Kier molecular flexibility index (Phi) is 5.15. The number of nitrogens with two attached hydrogens (primary N) is 1. The average molecular weight is 318 g/mol. The van der Waals surface area contributed by atoms with E-state index in [4.69, 9.17) is 10.6 Å². The van der Waals surface area contributed by atoms with Crippen molar-refractivity contribution in [2.45, 2.75) is 44.5 Å². The topological polar surface area (TPSA) is 70.8 Å². The third-order valence-electron chi connectivity index (χ3n) is 4.71. The lowest BCUT2D eigenvalue weighted by Crippen LogP contribution is -2.54. The summed E-state index contributed by atoms with van der Waals surface area (Å²) in [7, 11) is 0. The number of fused-ring (bicyclic) bond motifs is 2. The number of piperidine rings is 1. The maximum Gasteiger partial charge on any atom is 0.344 e. The molecule has 2 bridgehead atoms. The van der Waals surface area contributed by atoms with Crippen LogP contribution >= 0.6 is 0 Å². The quantitative estimate of drug-likeness (QED) is 0.795. The normalized spacial score (nSPS) is 25.0. The molecular formula is C17H26N4O2. The molecule has 6 heteroatoms. The van der Waals surface area contributed by atoms with E-state index in [0.29, 0.717) is 6.61 Å². The van der Waals surface area contributed by atoms with Crippen LogP contribution in [0.2, 0.25) is 0 Å². The number of carbonyl (C=O) groups excluding carboxylic acids is 1. The summed E-state index contributed by atoms with van der Waals surface area (Å²) in [6.45, 7) is 4.83. The molecule has 3 N–H and O–H groups in total. The van der Waals surface area contributed by atoms with Gasteiger partial charge in [-0.05, 0) is 24.9 Å². The van der Waals surface area contributed by atoms with Crippen molar-refractivity contribution in [2.24, 2.45) is 5.73 Å². The van der Waals surface area contributed by atoms with Crippen LogP contribution in [-0.4, -0.2) is 53.8 Å². The predicted octanol–water partition coefficient (Wildman–Crippen LogP) is 1.32. The number of nitrogens with zero attached hydrogens (tertiary/aromatic N) is 2. The van der Waals surface area contributed by atoms with Gasteiger partial charge in [-0.3, -0.25) is 4.84 Å². The number of hydrogen-bond donors (Lipinski definition) is 2. The van der Waals surface area contributed by atoms with E-state index < -0.39 is 0 Å². The fourth-order valence-electron chi connectivity index (χ4n) is 3.44. The van der Waals surface area contributed by atoms with Gasteiger partial charge in [0.2, 0.25) is 0 Å². The summed E-state index contributed by atoms with van der Waals surface area (Å²) in [6, 6.07) is 10.1. The Hall–Kier alpha value is -1.63. The molecule has 2 aliphatic rings. The lowest BCUT2D eigenvalue weighted by atomic mass is 9.95. The van der Waals surface area contributed by atoms with E-state index in [1.54, 1.807) is 5.06 Å². The zero-order chi connectivity index (χ0) is 16.2. The molecule has 0 aromatic heterocycles. The van der Waals surface area contributed by atoms with Gasteiger partial charge in [-0.25, -0.2) is 4.79 Å². The Bertz CT molecular complexity index is 525. The van der Waals surface area contributed by atoms with Crippen LogP contribution in [0, 0.1) is 0 Å². The Labute approximate surface area is 137 Å². The maximum atomic E-state index is 12.6. The molecule has 3 atom stereocenters. The van der Waals surface area contributed by atoms with Gasteiger partial charge >= 0.3 is 6.03 Å². The van der Waals surface area contributed by atoms with E-state index in [9.17, 15) is 4.79 Å². The minimum absolute atomic E-state index is 0.0334. The van der Waals surface area contributed by atoms with Crippen LogP contribution in [0.25, 0.3) is 0 Å². The maximum absolute atomic E-state index is 12.6. The molecule has 0 spiro atoms. The van der Waals surface area contributed by atoms with Crippen molar-refractivity contribution in [1.29, 1.82) is 0 Å². The van der Waals surface area contributed by atoms with Crippen LogP contribution < -0.4 is 11.1 Å². The zero-order valence-corrected chi connectivity index (χ0v) is 13.6. The molecule has 2 aliphatic heterocycles. The van der Waals surface area contributed by atoms with Crippen LogP contribution in [0.4, 0.5) is 4.79 Å². The second kappa shape index (κ2) is 7.29. The van der Waals surface area contributed by atoms with Gasteiger partial charge in [-0.2, -0.15) is 5.06 Å². The third-order valence-corrected chi connectivity index (χ3v) is 4.71. The van der Waals surface area contributed by atoms with E-state index in [0.717, 1.165) is 38.0 Å². The molecule has 0 unspecified atom stereocenters. The van der Waals surface area contributed by atoms with Gasteiger partial charge in [0, 0.05) is 19.1 Å². The second-order valence-corrected chi connectivity index (χ2v) is 6.29. The van der Waals surface area contributed by atoms with Crippen LogP contribution in [0.15, 0.2) is 30.3 Å². The molecule has 0 saturated carbocycles. The monoisotopic (exact) mass is 318 g/mol. The number of amides is 2. The Morgan fingerprint density at radius 2 is 2.13 bits per heavy atom. The van der Waals surface area contributed by atoms with Gasteiger partial charge in [0.25, 0.3) is 0 Å². The standard InChI is InChI=1S/C17H26N4O2/c1-2-19-10-15(18)16-9-8-14-11-20(16)17(22)21(14)23-12-13-6-4-3-5-7-13/h3-7,14-16,19H,2,8-12,18H2,1H3/t14-,15+,16+/m1/s1. The van der Waals surface area contributed by atoms with Gasteiger partial charge < -0.3 is 16.0 Å². The van der Waals surface area contributed by atoms with E-state index in [-0.39, 0.29) is 24.2 Å². The SMILES string of the molecule is CCNC[C@H](N)[C@@H]1CC[C@@H]2CN1C(=O)N2OCc1ccccc1. The van der Waals surface area contributed by atoms with Gasteiger partial charge in [0.1, 0.15) is 6.61 Å². The van der Waals surface area contributed by atoms with Crippen molar-refractivity contribution in [3.8, 4) is 0 Å². The Morgan fingerprint density at radius 1 is 1.35 bits per heavy atom. The molecule has 23 heavy (non-hydrogen) atoms. The summed E-state index contributed by atoms with van der Waals surface area (Å²) in [5.41, 5.74) is 7.34. The molecule has 1 aromatic carbocycles. The lowest BCUT2D eigenvalue weighted by molar-refractivity contribution is -0.140. The first-order valence-corrected chi connectivity index (χ1v) is 8.43. The second-order valence-electron chi connectivity index (χ2n) is 6.29. The molecule has 2 saturated heterocycles. The van der Waals surface area contributed by atoms with Crippen molar-refractivity contribution in [3.63, 3.8) is 0 Å². The van der Waals surface area contributed by atoms with Gasteiger partial charge in [0.05, 0.1) is 12.1 Å². The van der Waals surface area contributed by atoms with Crippen molar-refractivity contribution < 1.29 is 9.63 Å². The third kappa shape index (κ3) is 3.49. The minimum Gasteiger partial charge on any atom is -0.325 e. The van der Waals surface area contributed by atoms with Gasteiger partial charge in [0.15, 0.2) is 0 Å². The molecule has 2 fully saturated rings.